The van der Waals surface area contributed by atoms with E-state index in [4.69, 9.17) is 4.74 Å². The summed E-state index contributed by atoms with van der Waals surface area (Å²) in [6.45, 7) is 5.97. The number of carbonyl (C=O) groups is 1. The van der Waals surface area contributed by atoms with Crippen molar-refractivity contribution < 1.29 is 9.53 Å². The van der Waals surface area contributed by atoms with Crippen molar-refractivity contribution in [3.05, 3.63) is 77.1 Å². The minimum absolute atomic E-state index is 0.103. The number of aryl methyl sites for hydroxylation is 2. The standard InChI is InChI=1S/C21H22N2O2/c1-14-5-9-18(10-6-14)25-19-11-7-17(8-12-19)22-21(24)20-13-15(2)23(4)16(20)3/h5-13H,1-4H3,(H,22,24). The Labute approximate surface area is 148 Å². The fraction of sp³-hybridized carbons (Fsp3) is 0.190. The van der Waals surface area contributed by atoms with Gasteiger partial charge in [0.25, 0.3) is 5.91 Å². The van der Waals surface area contributed by atoms with Gasteiger partial charge in [-0.25, -0.2) is 0 Å². The highest BCUT2D eigenvalue weighted by atomic mass is 16.5. The van der Waals surface area contributed by atoms with Crippen LogP contribution in [0.4, 0.5) is 5.69 Å². The largest absolute Gasteiger partial charge is 0.457 e. The van der Waals surface area contributed by atoms with Crippen LogP contribution in [0.15, 0.2) is 54.6 Å². The Kier molecular flexibility index (Phi) is 4.61. The Morgan fingerprint density at radius 2 is 1.48 bits per heavy atom. The summed E-state index contributed by atoms with van der Waals surface area (Å²) in [5.41, 5.74) is 4.64. The van der Waals surface area contributed by atoms with Crippen LogP contribution in [0.25, 0.3) is 0 Å². The number of benzene rings is 2. The van der Waals surface area contributed by atoms with Crippen molar-refractivity contribution in [3.63, 3.8) is 0 Å². The third-order valence-corrected chi connectivity index (χ3v) is 4.39. The second-order valence-electron chi connectivity index (χ2n) is 6.24. The number of nitrogens with zero attached hydrogens (tertiary/aromatic N) is 1. The third kappa shape index (κ3) is 3.74. The SMILES string of the molecule is Cc1ccc(Oc2ccc(NC(=O)c3cc(C)n(C)c3C)cc2)cc1. The molecule has 0 aliphatic rings. The van der Waals surface area contributed by atoms with Gasteiger partial charge in [0.1, 0.15) is 11.5 Å². The van der Waals surface area contributed by atoms with E-state index in [0.717, 1.165) is 28.6 Å². The van der Waals surface area contributed by atoms with Crippen molar-refractivity contribution in [2.75, 3.05) is 5.32 Å². The van der Waals surface area contributed by atoms with E-state index in [1.54, 1.807) is 0 Å². The summed E-state index contributed by atoms with van der Waals surface area (Å²) in [6, 6.07) is 17.2. The Balaban J connectivity index is 1.68. The number of hydrogen-bond acceptors (Lipinski definition) is 2. The van der Waals surface area contributed by atoms with Crippen molar-refractivity contribution >= 4 is 11.6 Å². The monoisotopic (exact) mass is 334 g/mol. The van der Waals surface area contributed by atoms with Crippen LogP contribution in [0.2, 0.25) is 0 Å². The maximum Gasteiger partial charge on any atom is 0.257 e. The molecule has 1 aromatic heterocycles. The van der Waals surface area contributed by atoms with Crippen molar-refractivity contribution in [1.82, 2.24) is 4.57 Å². The lowest BCUT2D eigenvalue weighted by atomic mass is 10.2. The normalized spacial score (nSPS) is 10.6. The van der Waals surface area contributed by atoms with Crippen molar-refractivity contribution in [2.24, 2.45) is 7.05 Å². The molecule has 128 valence electrons. The molecule has 1 N–H and O–H groups in total. The molecule has 1 heterocycles. The Morgan fingerprint density at radius 1 is 0.920 bits per heavy atom. The minimum Gasteiger partial charge on any atom is -0.457 e. The molecular weight excluding hydrogens is 312 g/mol. The van der Waals surface area contributed by atoms with Crippen LogP contribution in [-0.2, 0) is 7.05 Å². The molecule has 3 rings (SSSR count). The van der Waals surface area contributed by atoms with Crippen LogP contribution in [0, 0.1) is 20.8 Å². The van der Waals surface area contributed by atoms with Crippen LogP contribution in [0.5, 0.6) is 11.5 Å². The minimum atomic E-state index is -0.103. The van der Waals surface area contributed by atoms with Gasteiger partial charge in [0.05, 0.1) is 5.56 Å². The maximum atomic E-state index is 12.5. The number of carbonyl (C=O) groups excluding carboxylic acids is 1. The Hall–Kier alpha value is -3.01. The van der Waals surface area contributed by atoms with Gasteiger partial charge < -0.3 is 14.6 Å². The van der Waals surface area contributed by atoms with Gasteiger partial charge in [-0.2, -0.15) is 0 Å². The van der Waals surface area contributed by atoms with Gasteiger partial charge in [0, 0.05) is 24.1 Å². The molecule has 0 atom stereocenters. The molecular formula is C21H22N2O2. The van der Waals surface area contributed by atoms with Gasteiger partial charge in [0.2, 0.25) is 0 Å². The second kappa shape index (κ2) is 6.85. The number of hydrogen-bond donors (Lipinski definition) is 1. The molecule has 0 radical (unpaired) electrons. The molecule has 0 unspecified atom stereocenters. The zero-order valence-electron chi connectivity index (χ0n) is 15.0. The number of aromatic nitrogens is 1. The fourth-order valence-corrected chi connectivity index (χ4v) is 2.63. The van der Waals surface area contributed by atoms with Gasteiger partial charge in [-0.15, -0.1) is 0 Å². The molecule has 4 heteroatoms. The number of anilines is 1. The zero-order chi connectivity index (χ0) is 18.0. The van der Waals surface area contributed by atoms with E-state index >= 15 is 0 Å². The molecule has 0 fully saturated rings. The van der Waals surface area contributed by atoms with Gasteiger partial charge >= 0.3 is 0 Å². The van der Waals surface area contributed by atoms with E-state index in [1.807, 2.05) is 87.0 Å². The Bertz CT molecular complexity index is 891. The smallest absolute Gasteiger partial charge is 0.257 e. The van der Waals surface area contributed by atoms with Gasteiger partial charge in [-0.1, -0.05) is 17.7 Å². The van der Waals surface area contributed by atoms with Crippen LogP contribution in [-0.4, -0.2) is 10.5 Å². The quantitative estimate of drug-likeness (QED) is 0.730. The van der Waals surface area contributed by atoms with Crippen molar-refractivity contribution in [3.8, 4) is 11.5 Å². The topological polar surface area (TPSA) is 43.3 Å². The molecule has 3 aromatic rings. The molecule has 0 aliphatic carbocycles. The predicted molar refractivity (Wildman–Crippen MR) is 101 cm³/mol. The lowest BCUT2D eigenvalue weighted by Gasteiger charge is -2.08. The molecule has 25 heavy (non-hydrogen) atoms. The van der Waals surface area contributed by atoms with Gasteiger partial charge in [0.15, 0.2) is 0 Å². The predicted octanol–water partition coefficient (Wildman–Crippen LogP) is 4.99. The van der Waals surface area contributed by atoms with Crippen molar-refractivity contribution in [1.29, 1.82) is 0 Å². The van der Waals surface area contributed by atoms with Crippen LogP contribution >= 0.6 is 0 Å². The number of amides is 1. The lowest BCUT2D eigenvalue weighted by molar-refractivity contribution is 0.102. The highest BCUT2D eigenvalue weighted by molar-refractivity contribution is 6.05. The number of rotatable bonds is 4. The summed E-state index contributed by atoms with van der Waals surface area (Å²) >= 11 is 0. The number of nitrogens with one attached hydrogen (secondary N) is 1. The lowest BCUT2D eigenvalue weighted by Crippen LogP contribution is -2.12. The van der Waals surface area contributed by atoms with E-state index in [9.17, 15) is 4.79 Å². The second-order valence-corrected chi connectivity index (χ2v) is 6.24. The summed E-state index contributed by atoms with van der Waals surface area (Å²) in [4.78, 5) is 12.5. The van der Waals surface area contributed by atoms with Crippen LogP contribution in [0.3, 0.4) is 0 Å². The molecule has 0 bridgehead atoms. The average Bonchev–Trinajstić information content (AvgIpc) is 2.86. The van der Waals surface area contributed by atoms with E-state index in [2.05, 4.69) is 5.32 Å². The van der Waals surface area contributed by atoms with Crippen LogP contribution in [0.1, 0.15) is 27.3 Å². The summed E-state index contributed by atoms with van der Waals surface area (Å²) in [5, 5.41) is 2.93. The molecule has 4 nitrogen and oxygen atoms in total. The molecule has 0 saturated carbocycles. The summed E-state index contributed by atoms with van der Waals surface area (Å²) in [6.07, 6.45) is 0. The van der Waals surface area contributed by atoms with E-state index in [1.165, 1.54) is 5.56 Å². The highest BCUT2D eigenvalue weighted by Gasteiger charge is 2.14. The fourth-order valence-electron chi connectivity index (χ4n) is 2.63. The molecule has 1 amide bonds. The first kappa shape index (κ1) is 16.8. The van der Waals surface area contributed by atoms with E-state index in [0.29, 0.717) is 5.56 Å². The first-order valence-corrected chi connectivity index (χ1v) is 8.23. The summed E-state index contributed by atoms with van der Waals surface area (Å²) < 4.78 is 7.81. The maximum absolute atomic E-state index is 12.5. The zero-order valence-corrected chi connectivity index (χ0v) is 15.0. The summed E-state index contributed by atoms with van der Waals surface area (Å²) in [5.74, 6) is 1.42. The van der Waals surface area contributed by atoms with Crippen molar-refractivity contribution in [2.45, 2.75) is 20.8 Å². The average molecular weight is 334 g/mol. The third-order valence-electron chi connectivity index (χ3n) is 4.39. The van der Waals surface area contributed by atoms with Gasteiger partial charge in [-0.05, 0) is 63.2 Å². The van der Waals surface area contributed by atoms with Crippen LogP contribution < -0.4 is 10.1 Å². The highest BCUT2D eigenvalue weighted by Crippen LogP contribution is 2.24. The van der Waals surface area contributed by atoms with E-state index in [-0.39, 0.29) is 5.91 Å². The van der Waals surface area contributed by atoms with E-state index < -0.39 is 0 Å². The first-order chi connectivity index (χ1) is 11.9. The molecule has 0 aliphatic heterocycles. The summed E-state index contributed by atoms with van der Waals surface area (Å²) in [7, 11) is 1.96. The van der Waals surface area contributed by atoms with Gasteiger partial charge in [-0.3, -0.25) is 4.79 Å². The number of ether oxygens (including phenoxy) is 1. The molecule has 0 spiro atoms. The first-order valence-electron chi connectivity index (χ1n) is 8.23. The Morgan fingerprint density at radius 3 is 2.00 bits per heavy atom. The molecule has 0 saturated heterocycles. The molecule has 2 aromatic carbocycles.